The molecule has 1 aliphatic heterocycles. The van der Waals surface area contributed by atoms with Gasteiger partial charge < -0.3 is 15.0 Å². The Balaban J connectivity index is 1.56. The second kappa shape index (κ2) is 9.31. The van der Waals surface area contributed by atoms with E-state index < -0.39 is 0 Å². The fourth-order valence-corrected chi connectivity index (χ4v) is 4.58. The number of ether oxygens (including phenoxy) is 1. The van der Waals surface area contributed by atoms with Crippen molar-refractivity contribution in [3.05, 3.63) is 81.3 Å². The molecule has 2 heterocycles. The minimum absolute atomic E-state index is 0.0616. The summed E-state index contributed by atoms with van der Waals surface area (Å²) >= 11 is 1.40. The third kappa shape index (κ3) is 4.61. The SMILES string of the molecule is CCNC(=O)c1csc(COc2ccc3c(c2)C(c2ccccc2)N(C(C)=O)CC3)n1. The van der Waals surface area contributed by atoms with Crippen molar-refractivity contribution in [3.8, 4) is 5.75 Å². The number of fused-ring (bicyclic) bond motifs is 1. The van der Waals surface area contributed by atoms with Gasteiger partial charge in [-0.15, -0.1) is 11.3 Å². The number of hydrogen-bond acceptors (Lipinski definition) is 5. The first-order valence-electron chi connectivity index (χ1n) is 10.4. The topological polar surface area (TPSA) is 71.5 Å². The number of benzene rings is 2. The van der Waals surface area contributed by atoms with E-state index in [0.717, 1.165) is 28.3 Å². The van der Waals surface area contributed by atoms with E-state index in [-0.39, 0.29) is 24.5 Å². The molecule has 7 heteroatoms. The maximum atomic E-state index is 12.3. The predicted molar refractivity (Wildman–Crippen MR) is 120 cm³/mol. The molecule has 0 saturated carbocycles. The number of nitrogens with zero attached hydrogens (tertiary/aromatic N) is 2. The van der Waals surface area contributed by atoms with Crippen LogP contribution >= 0.6 is 11.3 Å². The average Bonchev–Trinajstić information content (AvgIpc) is 3.26. The highest BCUT2D eigenvalue weighted by Gasteiger charge is 2.30. The van der Waals surface area contributed by atoms with Gasteiger partial charge in [0.25, 0.3) is 5.91 Å². The Hall–Kier alpha value is -3.19. The Morgan fingerprint density at radius 3 is 2.77 bits per heavy atom. The summed E-state index contributed by atoms with van der Waals surface area (Å²) in [6, 6.07) is 16.0. The molecule has 4 rings (SSSR count). The van der Waals surface area contributed by atoms with Crippen molar-refractivity contribution in [1.29, 1.82) is 0 Å². The summed E-state index contributed by atoms with van der Waals surface area (Å²) in [5.41, 5.74) is 3.82. The molecule has 6 nitrogen and oxygen atoms in total. The molecule has 2 amide bonds. The Labute approximate surface area is 185 Å². The molecular formula is C24H25N3O3S. The van der Waals surface area contributed by atoms with Gasteiger partial charge in [-0.25, -0.2) is 4.98 Å². The molecule has 2 aromatic carbocycles. The summed E-state index contributed by atoms with van der Waals surface area (Å²) in [5.74, 6) is 0.611. The van der Waals surface area contributed by atoms with E-state index in [1.807, 2.05) is 42.2 Å². The van der Waals surface area contributed by atoms with Crippen LogP contribution in [0, 0.1) is 0 Å². The fourth-order valence-electron chi connectivity index (χ4n) is 3.89. The van der Waals surface area contributed by atoms with Gasteiger partial charge in [-0.05, 0) is 42.2 Å². The molecule has 1 atom stereocenters. The van der Waals surface area contributed by atoms with Crippen LogP contribution in [0.5, 0.6) is 5.75 Å². The number of carbonyl (C=O) groups is 2. The molecule has 1 aromatic heterocycles. The van der Waals surface area contributed by atoms with E-state index >= 15 is 0 Å². The van der Waals surface area contributed by atoms with Crippen LogP contribution in [0.2, 0.25) is 0 Å². The smallest absolute Gasteiger partial charge is 0.270 e. The van der Waals surface area contributed by atoms with E-state index in [9.17, 15) is 9.59 Å². The average molecular weight is 436 g/mol. The molecule has 0 spiro atoms. The number of carbonyl (C=O) groups excluding carboxylic acids is 2. The van der Waals surface area contributed by atoms with Crippen LogP contribution in [-0.4, -0.2) is 34.8 Å². The van der Waals surface area contributed by atoms with Gasteiger partial charge in [-0.3, -0.25) is 9.59 Å². The number of thiazole rings is 1. The van der Waals surface area contributed by atoms with E-state index in [2.05, 4.69) is 28.5 Å². The summed E-state index contributed by atoms with van der Waals surface area (Å²) in [6.45, 7) is 5.05. The van der Waals surface area contributed by atoms with Crippen LogP contribution in [0.4, 0.5) is 0 Å². The van der Waals surface area contributed by atoms with Crippen molar-refractivity contribution in [2.75, 3.05) is 13.1 Å². The standard InChI is InChI=1S/C24H25N3O3S/c1-3-25-24(29)21-15-31-22(26-21)14-30-19-10-9-17-11-12-27(16(2)28)23(20(17)13-19)18-7-5-4-6-8-18/h4-10,13,15,23H,3,11-12,14H2,1-2H3,(H,25,29). The first kappa shape index (κ1) is 21.1. The lowest BCUT2D eigenvalue weighted by molar-refractivity contribution is -0.130. The molecule has 31 heavy (non-hydrogen) atoms. The zero-order valence-corrected chi connectivity index (χ0v) is 18.4. The number of amides is 2. The molecular weight excluding hydrogens is 410 g/mol. The van der Waals surface area contributed by atoms with Gasteiger partial charge in [-0.1, -0.05) is 36.4 Å². The van der Waals surface area contributed by atoms with Crippen molar-refractivity contribution in [3.63, 3.8) is 0 Å². The third-order valence-electron chi connectivity index (χ3n) is 5.35. The first-order valence-corrected chi connectivity index (χ1v) is 11.2. The molecule has 0 aliphatic carbocycles. The Kier molecular flexibility index (Phi) is 6.32. The fraction of sp³-hybridized carbons (Fsp3) is 0.292. The third-order valence-corrected chi connectivity index (χ3v) is 6.17. The molecule has 1 unspecified atom stereocenters. The normalized spacial score (nSPS) is 15.3. The molecule has 0 bridgehead atoms. The lowest BCUT2D eigenvalue weighted by Crippen LogP contribution is -2.39. The van der Waals surface area contributed by atoms with Crippen LogP contribution in [-0.2, 0) is 17.8 Å². The highest BCUT2D eigenvalue weighted by atomic mass is 32.1. The first-order chi connectivity index (χ1) is 15.1. The minimum Gasteiger partial charge on any atom is -0.486 e. The van der Waals surface area contributed by atoms with E-state index in [0.29, 0.717) is 18.8 Å². The van der Waals surface area contributed by atoms with Crippen molar-refractivity contribution >= 4 is 23.2 Å². The number of nitrogens with one attached hydrogen (secondary N) is 1. The maximum Gasteiger partial charge on any atom is 0.270 e. The Bertz CT molecular complexity index is 1080. The number of aromatic nitrogens is 1. The van der Waals surface area contributed by atoms with Crippen LogP contribution < -0.4 is 10.1 Å². The van der Waals surface area contributed by atoms with Gasteiger partial charge in [0, 0.05) is 25.4 Å². The van der Waals surface area contributed by atoms with Crippen LogP contribution in [0.25, 0.3) is 0 Å². The zero-order chi connectivity index (χ0) is 21.8. The van der Waals surface area contributed by atoms with E-state index in [1.165, 1.54) is 16.9 Å². The predicted octanol–water partition coefficient (Wildman–Crippen LogP) is 3.97. The van der Waals surface area contributed by atoms with Gasteiger partial charge in [0.15, 0.2) is 0 Å². The van der Waals surface area contributed by atoms with Gasteiger partial charge in [-0.2, -0.15) is 0 Å². The van der Waals surface area contributed by atoms with Gasteiger partial charge in [0.05, 0.1) is 6.04 Å². The van der Waals surface area contributed by atoms with Crippen LogP contribution in [0.15, 0.2) is 53.9 Å². The van der Waals surface area contributed by atoms with Crippen LogP contribution in [0.1, 0.15) is 52.1 Å². The molecule has 3 aromatic rings. The van der Waals surface area contributed by atoms with Crippen molar-refractivity contribution in [1.82, 2.24) is 15.2 Å². The van der Waals surface area contributed by atoms with Gasteiger partial charge >= 0.3 is 0 Å². The largest absolute Gasteiger partial charge is 0.486 e. The van der Waals surface area contributed by atoms with E-state index in [1.54, 1.807) is 12.3 Å². The lowest BCUT2D eigenvalue weighted by Gasteiger charge is -2.37. The molecule has 1 aliphatic rings. The maximum absolute atomic E-state index is 12.3. The highest BCUT2D eigenvalue weighted by molar-refractivity contribution is 7.09. The monoisotopic (exact) mass is 435 g/mol. The van der Waals surface area contributed by atoms with E-state index in [4.69, 9.17) is 4.74 Å². The van der Waals surface area contributed by atoms with Gasteiger partial charge in [0.1, 0.15) is 23.1 Å². The van der Waals surface area contributed by atoms with Crippen molar-refractivity contribution in [2.45, 2.75) is 32.9 Å². The molecule has 0 radical (unpaired) electrons. The minimum atomic E-state index is -0.172. The second-order valence-corrected chi connectivity index (χ2v) is 8.35. The number of rotatable bonds is 6. The number of hydrogen-bond donors (Lipinski definition) is 1. The van der Waals surface area contributed by atoms with Gasteiger partial charge in [0.2, 0.25) is 5.91 Å². The second-order valence-electron chi connectivity index (χ2n) is 7.41. The quantitative estimate of drug-likeness (QED) is 0.636. The Morgan fingerprint density at radius 1 is 1.23 bits per heavy atom. The lowest BCUT2D eigenvalue weighted by atomic mass is 9.88. The van der Waals surface area contributed by atoms with Crippen LogP contribution in [0.3, 0.4) is 0 Å². The summed E-state index contributed by atoms with van der Waals surface area (Å²) in [6.07, 6.45) is 0.820. The Morgan fingerprint density at radius 2 is 2.03 bits per heavy atom. The molecule has 160 valence electrons. The molecule has 1 N–H and O–H groups in total. The summed E-state index contributed by atoms with van der Waals surface area (Å²) in [5, 5.41) is 5.23. The summed E-state index contributed by atoms with van der Waals surface area (Å²) in [4.78, 5) is 30.5. The molecule has 0 saturated heterocycles. The zero-order valence-electron chi connectivity index (χ0n) is 17.6. The summed E-state index contributed by atoms with van der Waals surface area (Å²) < 4.78 is 6.00. The summed E-state index contributed by atoms with van der Waals surface area (Å²) in [7, 11) is 0. The van der Waals surface area contributed by atoms with Crippen molar-refractivity contribution in [2.24, 2.45) is 0 Å². The molecule has 0 fully saturated rings. The van der Waals surface area contributed by atoms with Crippen molar-refractivity contribution < 1.29 is 14.3 Å². The highest BCUT2D eigenvalue weighted by Crippen LogP contribution is 2.37.